The maximum Gasteiger partial charge on any atom is 0.0616 e. The third kappa shape index (κ3) is 1.89. The second kappa shape index (κ2) is 3.58. The van der Waals surface area contributed by atoms with Crippen LogP contribution in [0.2, 0.25) is 0 Å². The van der Waals surface area contributed by atoms with Gasteiger partial charge in [-0.2, -0.15) is 0 Å². The molecular formula is C11H21NO. The molecular weight excluding hydrogens is 162 g/mol. The summed E-state index contributed by atoms with van der Waals surface area (Å²) in [7, 11) is 0. The summed E-state index contributed by atoms with van der Waals surface area (Å²) in [6.45, 7) is 6.64. The van der Waals surface area contributed by atoms with Crippen LogP contribution in [0.5, 0.6) is 0 Å². The topological polar surface area (TPSA) is 21.3 Å². The molecule has 0 aromatic heterocycles. The van der Waals surface area contributed by atoms with Crippen molar-refractivity contribution in [3.63, 3.8) is 0 Å². The first-order valence-corrected chi connectivity index (χ1v) is 5.62. The molecule has 1 heterocycles. The fourth-order valence-corrected chi connectivity index (χ4v) is 2.28. The molecule has 1 aliphatic heterocycles. The highest BCUT2D eigenvalue weighted by atomic mass is 16.5. The molecule has 2 fully saturated rings. The summed E-state index contributed by atoms with van der Waals surface area (Å²) in [4.78, 5) is 0. The molecule has 2 rings (SSSR count). The van der Waals surface area contributed by atoms with Crippen molar-refractivity contribution in [3.05, 3.63) is 0 Å². The first-order valence-electron chi connectivity index (χ1n) is 5.62. The highest BCUT2D eigenvalue weighted by Gasteiger charge is 2.40. The van der Waals surface area contributed by atoms with E-state index in [1.807, 2.05) is 0 Å². The minimum atomic E-state index is 0.433. The van der Waals surface area contributed by atoms with E-state index in [2.05, 4.69) is 19.2 Å². The molecule has 0 aromatic rings. The smallest absolute Gasteiger partial charge is 0.0616 e. The van der Waals surface area contributed by atoms with Crippen molar-refractivity contribution in [2.24, 2.45) is 5.41 Å². The molecule has 1 saturated heterocycles. The summed E-state index contributed by atoms with van der Waals surface area (Å²) < 4.78 is 5.67. The second-order valence-electron chi connectivity index (χ2n) is 4.63. The summed E-state index contributed by atoms with van der Waals surface area (Å²) in [6, 6.07) is 0.830. The summed E-state index contributed by atoms with van der Waals surface area (Å²) in [5.41, 5.74) is 0.433. The molecule has 0 aromatic carbocycles. The third-order valence-electron chi connectivity index (χ3n) is 3.85. The van der Waals surface area contributed by atoms with Gasteiger partial charge in [-0.3, -0.25) is 0 Å². The van der Waals surface area contributed by atoms with E-state index in [9.17, 15) is 0 Å². The van der Waals surface area contributed by atoms with Gasteiger partial charge in [0.05, 0.1) is 6.10 Å². The van der Waals surface area contributed by atoms with E-state index in [0.29, 0.717) is 11.5 Å². The summed E-state index contributed by atoms with van der Waals surface area (Å²) in [5.74, 6) is 0. The Labute approximate surface area is 81.0 Å². The summed E-state index contributed by atoms with van der Waals surface area (Å²) in [5, 5.41) is 3.64. The van der Waals surface area contributed by atoms with Gasteiger partial charge in [-0.05, 0) is 32.6 Å². The zero-order chi connectivity index (χ0) is 9.31. The molecule has 2 unspecified atom stereocenters. The largest absolute Gasteiger partial charge is 0.378 e. The van der Waals surface area contributed by atoms with Crippen molar-refractivity contribution in [1.82, 2.24) is 5.32 Å². The number of hydrogen-bond acceptors (Lipinski definition) is 2. The SMILES string of the molecule is CCC1(CNC2CC2)CCOC1C. The standard InChI is InChI=1S/C11H21NO/c1-3-11(6-7-13-9(11)2)8-12-10-4-5-10/h9-10,12H,3-8H2,1-2H3. The van der Waals surface area contributed by atoms with Gasteiger partial charge >= 0.3 is 0 Å². The fourth-order valence-electron chi connectivity index (χ4n) is 2.28. The molecule has 2 atom stereocenters. The van der Waals surface area contributed by atoms with Crippen LogP contribution in [0.4, 0.5) is 0 Å². The Kier molecular flexibility index (Phi) is 2.61. The molecule has 0 amide bonds. The van der Waals surface area contributed by atoms with Crippen LogP contribution in [-0.4, -0.2) is 25.3 Å². The first-order chi connectivity index (χ1) is 6.27. The van der Waals surface area contributed by atoms with Crippen LogP contribution in [0, 0.1) is 5.41 Å². The molecule has 2 aliphatic rings. The van der Waals surface area contributed by atoms with Gasteiger partial charge in [0.1, 0.15) is 0 Å². The van der Waals surface area contributed by atoms with Crippen LogP contribution < -0.4 is 5.32 Å². The van der Waals surface area contributed by atoms with Crippen LogP contribution in [-0.2, 0) is 4.74 Å². The maximum absolute atomic E-state index is 5.67. The minimum absolute atomic E-state index is 0.433. The van der Waals surface area contributed by atoms with E-state index in [-0.39, 0.29) is 0 Å². The molecule has 2 nitrogen and oxygen atoms in total. The van der Waals surface area contributed by atoms with Gasteiger partial charge in [0.2, 0.25) is 0 Å². The maximum atomic E-state index is 5.67. The number of hydrogen-bond donors (Lipinski definition) is 1. The van der Waals surface area contributed by atoms with E-state index in [1.54, 1.807) is 0 Å². The van der Waals surface area contributed by atoms with Crippen LogP contribution >= 0.6 is 0 Å². The van der Waals surface area contributed by atoms with Crippen molar-refractivity contribution in [2.45, 2.75) is 51.7 Å². The Balaban J connectivity index is 1.88. The Hall–Kier alpha value is -0.0800. The number of nitrogens with one attached hydrogen (secondary N) is 1. The highest BCUT2D eigenvalue weighted by Crippen LogP contribution is 2.38. The quantitative estimate of drug-likeness (QED) is 0.719. The van der Waals surface area contributed by atoms with Crippen LogP contribution in [0.25, 0.3) is 0 Å². The molecule has 0 radical (unpaired) electrons. The van der Waals surface area contributed by atoms with Crippen molar-refractivity contribution < 1.29 is 4.74 Å². The molecule has 76 valence electrons. The first kappa shape index (κ1) is 9.47. The van der Waals surface area contributed by atoms with Crippen molar-refractivity contribution in [1.29, 1.82) is 0 Å². The molecule has 0 bridgehead atoms. The van der Waals surface area contributed by atoms with Gasteiger partial charge < -0.3 is 10.1 Å². The van der Waals surface area contributed by atoms with Crippen molar-refractivity contribution >= 4 is 0 Å². The Morgan fingerprint density at radius 2 is 2.23 bits per heavy atom. The molecule has 1 N–H and O–H groups in total. The highest BCUT2D eigenvalue weighted by molar-refractivity contribution is 4.93. The predicted octanol–water partition coefficient (Wildman–Crippen LogP) is 1.94. The van der Waals surface area contributed by atoms with Gasteiger partial charge in [-0.25, -0.2) is 0 Å². The average molecular weight is 183 g/mol. The average Bonchev–Trinajstić information content (AvgIpc) is 2.89. The Bertz CT molecular complexity index is 179. The minimum Gasteiger partial charge on any atom is -0.378 e. The van der Waals surface area contributed by atoms with E-state index < -0.39 is 0 Å². The lowest BCUT2D eigenvalue weighted by atomic mass is 9.79. The zero-order valence-electron chi connectivity index (χ0n) is 8.81. The van der Waals surface area contributed by atoms with Gasteiger partial charge in [0.25, 0.3) is 0 Å². The Morgan fingerprint density at radius 3 is 2.69 bits per heavy atom. The number of rotatable bonds is 4. The Morgan fingerprint density at radius 1 is 1.46 bits per heavy atom. The zero-order valence-corrected chi connectivity index (χ0v) is 8.81. The van der Waals surface area contributed by atoms with Crippen LogP contribution in [0.3, 0.4) is 0 Å². The third-order valence-corrected chi connectivity index (χ3v) is 3.85. The predicted molar refractivity (Wildman–Crippen MR) is 53.8 cm³/mol. The van der Waals surface area contributed by atoms with Gasteiger partial charge in [-0.1, -0.05) is 6.92 Å². The lowest BCUT2D eigenvalue weighted by Crippen LogP contribution is -2.39. The molecule has 1 saturated carbocycles. The molecule has 13 heavy (non-hydrogen) atoms. The van der Waals surface area contributed by atoms with E-state index in [0.717, 1.165) is 19.2 Å². The lowest BCUT2D eigenvalue weighted by molar-refractivity contribution is 0.0608. The second-order valence-corrected chi connectivity index (χ2v) is 4.63. The fraction of sp³-hybridized carbons (Fsp3) is 1.00. The monoisotopic (exact) mass is 183 g/mol. The molecule has 1 aliphatic carbocycles. The molecule has 0 spiro atoms. The van der Waals surface area contributed by atoms with Crippen LogP contribution in [0.15, 0.2) is 0 Å². The van der Waals surface area contributed by atoms with E-state index >= 15 is 0 Å². The molecule has 2 heteroatoms. The van der Waals surface area contributed by atoms with E-state index in [1.165, 1.54) is 25.7 Å². The summed E-state index contributed by atoms with van der Waals surface area (Å²) in [6.07, 6.45) is 5.70. The van der Waals surface area contributed by atoms with Gasteiger partial charge in [0, 0.05) is 24.6 Å². The normalized spacial score (nSPS) is 39.7. The van der Waals surface area contributed by atoms with Gasteiger partial charge in [-0.15, -0.1) is 0 Å². The van der Waals surface area contributed by atoms with Crippen molar-refractivity contribution in [2.75, 3.05) is 13.2 Å². The van der Waals surface area contributed by atoms with Crippen molar-refractivity contribution in [3.8, 4) is 0 Å². The van der Waals surface area contributed by atoms with Gasteiger partial charge in [0.15, 0.2) is 0 Å². The van der Waals surface area contributed by atoms with Crippen LogP contribution in [0.1, 0.15) is 39.5 Å². The number of ether oxygens (including phenoxy) is 1. The summed E-state index contributed by atoms with van der Waals surface area (Å²) >= 11 is 0. The lowest BCUT2D eigenvalue weighted by Gasteiger charge is -2.31. The van der Waals surface area contributed by atoms with E-state index in [4.69, 9.17) is 4.74 Å².